The third-order valence-electron chi connectivity index (χ3n) is 1.28. The maximum atomic E-state index is 5.52. The van der Waals surface area contributed by atoms with E-state index in [1.807, 2.05) is 38.1 Å². The zero-order valence-corrected chi connectivity index (χ0v) is 8.03. The largest absolute Gasteiger partial charge is 0.490 e. The molecule has 1 nitrogen and oxygen atoms in total. The number of hydrogen-bond acceptors (Lipinski definition) is 1. The molecule has 1 unspecified atom stereocenters. The summed E-state index contributed by atoms with van der Waals surface area (Å²) in [5.74, 6) is 0.951. The molecule has 0 saturated carbocycles. The molecule has 0 spiro atoms. The highest BCUT2D eigenvalue weighted by Gasteiger charge is 1.98. The van der Waals surface area contributed by atoms with E-state index >= 15 is 0 Å². The van der Waals surface area contributed by atoms with E-state index in [2.05, 4.69) is 9.24 Å². The van der Waals surface area contributed by atoms with Gasteiger partial charge in [-0.2, -0.15) is 0 Å². The quantitative estimate of drug-likeness (QED) is 0.613. The third kappa shape index (κ3) is 2.51. The molecule has 0 aromatic heterocycles. The van der Waals surface area contributed by atoms with Crippen LogP contribution < -0.4 is 10.0 Å². The highest BCUT2D eigenvalue weighted by Crippen LogP contribution is 2.11. The smallest absolute Gasteiger partial charge is 0.126 e. The first-order chi connectivity index (χ1) is 5.20. The molecule has 11 heavy (non-hydrogen) atoms. The SMILES string of the molecule is CC(C)Oc1ccccc1P. The molecule has 0 saturated heterocycles. The predicted octanol–water partition coefficient (Wildman–Crippen LogP) is 1.97. The van der Waals surface area contributed by atoms with Crippen molar-refractivity contribution in [2.45, 2.75) is 20.0 Å². The average molecular weight is 168 g/mol. The molecule has 0 bridgehead atoms. The minimum absolute atomic E-state index is 0.247. The molecule has 0 aliphatic rings. The van der Waals surface area contributed by atoms with Crippen LogP contribution in [0.3, 0.4) is 0 Å². The van der Waals surface area contributed by atoms with Gasteiger partial charge in [0, 0.05) is 5.30 Å². The highest BCUT2D eigenvalue weighted by atomic mass is 31.0. The van der Waals surface area contributed by atoms with Crippen LogP contribution >= 0.6 is 9.24 Å². The van der Waals surface area contributed by atoms with E-state index in [4.69, 9.17) is 4.74 Å². The lowest BCUT2D eigenvalue weighted by Gasteiger charge is -2.11. The number of hydrogen-bond donors (Lipinski definition) is 0. The zero-order chi connectivity index (χ0) is 8.27. The van der Waals surface area contributed by atoms with E-state index in [0.717, 1.165) is 11.1 Å². The Morgan fingerprint density at radius 2 is 1.91 bits per heavy atom. The molecular formula is C9H13OP. The second-order valence-corrected chi connectivity index (χ2v) is 3.33. The van der Waals surface area contributed by atoms with E-state index in [-0.39, 0.29) is 6.10 Å². The lowest BCUT2D eigenvalue weighted by atomic mass is 10.3. The van der Waals surface area contributed by atoms with Gasteiger partial charge >= 0.3 is 0 Å². The maximum Gasteiger partial charge on any atom is 0.126 e. The van der Waals surface area contributed by atoms with Crippen molar-refractivity contribution in [3.63, 3.8) is 0 Å². The number of ether oxygens (including phenoxy) is 1. The van der Waals surface area contributed by atoms with Gasteiger partial charge in [-0.1, -0.05) is 18.2 Å². The molecule has 1 aromatic carbocycles. The number of rotatable bonds is 2. The lowest BCUT2D eigenvalue weighted by Crippen LogP contribution is -2.10. The fourth-order valence-electron chi connectivity index (χ4n) is 0.842. The summed E-state index contributed by atoms with van der Waals surface area (Å²) in [4.78, 5) is 0. The van der Waals surface area contributed by atoms with Crippen LogP contribution in [-0.4, -0.2) is 6.10 Å². The number of benzene rings is 1. The standard InChI is InChI=1S/C9H13OP/c1-7(2)10-8-5-3-4-6-9(8)11/h3-7H,11H2,1-2H3. The summed E-state index contributed by atoms with van der Waals surface area (Å²) < 4.78 is 5.52. The first-order valence-corrected chi connectivity index (χ1v) is 4.29. The van der Waals surface area contributed by atoms with Gasteiger partial charge < -0.3 is 4.74 Å². The van der Waals surface area contributed by atoms with E-state index in [0.29, 0.717) is 0 Å². The lowest BCUT2D eigenvalue weighted by molar-refractivity contribution is 0.244. The Hall–Kier alpha value is -0.550. The van der Waals surface area contributed by atoms with Crippen LogP contribution in [0.25, 0.3) is 0 Å². The monoisotopic (exact) mass is 168 g/mol. The molecule has 1 atom stereocenters. The summed E-state index contributed by atoms with van der Waals surface area (Å²) in [5.41, 5.74) is 0. The Balaban J connectivity index is 2.78. The summed E-state index contributed by atoms with van der Waals surface area (Å²) in [6, 6.07) is 7.96. The summed E-state index contributed by atoms with van der Waals surface area (Å²) in [5, 5.41) is 1.11. The Morgan fingerprint density at radius 1 is 1.27 bits per heavy atom. The fraction of sp³-hybridized carbons (Fsp3) is 0.333. The predicted molar refractivity (Wildman–Crippen MR) is 51.6 cm³/mol. The van der Waals surface area contributed by atoms with Crippen LogP contribution in [0.1, 0.15) is 13.8 Å². The first kappa shape index (κ1) is 8.55. The Kier molecular flexibility index (Phi) is 2.90. The topological polar surface area (TPSA) is 9.23 Å². The fourth-order valence-corrected chi connectivity index (χ4v) is 1.12. The summed E-state index contributed by atoms with van der Waals surface area (Å²) in [7, 11) is 2.65. The summed E-state index contributed by atoms with van der Waals surface area (Å²) >= 11 is 0. The highest BCUT2D eigenvalue weighted by molar-refractivity contribution is 7.27. The molecule has 1 rings (SSSR count). The average Bonchev–Trinajstić information content (AvgIpc) is 1.93. The van der Waals surface area contributed by atoms with Gasteiger partial charge in [0.15, 0.2) is 0 Å². The van der Waals surface area contributed by atoms with Gasteiger partial charge in [-0.25, -0.2) is 0 Å². The van der Waals surface area contributed by atoms with Crippen LogP contribution in [0.2, 0.25) is 0 Å². The van der Waals surface area contributed by atoms with Crippen molar-refractivity contribution in [1.29, 1.82) is 0 Å². The minimum atomic E-state index is 0.247. The van der Waals surface area contributed by atoms with Crippen molar-refractivity contribution in [2.75, 3.05) is 0 Å². The molecule has 0 aliphatic carbocycles. The molecule has 0 fully saturated rings. The number of para-hydroxylation sites is 1. The minimum Gasteiger partial charge on any atom is -0.490 e. The molecule has 0 amide bonds. The molecular weight excluding hydrogens is 155 g/mol. The van der Waals surface area contributed by atoms with Crippen molar-refractivity contribution >= 4 is 14.5 Å². The van der Waals surface area contributed by atoms with Gasteiger partial charge in [-0.3, -0.25) is 0 Å². The van der Waals surface area contributed by atoms with E-state index < -0.39 is 0 Å². The van der Waals surface area contributed by atoms with Crippen LogP contribution in [0.5, 0.6) is 5.75 Å². The van der Waals surface area contributed by atoms with Crippen LogP contribution in [-0.2, 0) is 0 Å². The van der Waals surface area contributed by atoms with Gasteiger partial charge in [-0.15, -0.1) is 9.24 Å². The summed E-state index contributed by atoms with van der Waals surface area (Å²) in [6.07, 6.45) is 0.247. The molecule has 0 N–H and O–H groups in total. The first-order valence-electron chi connectivity index (χ1n) is 3.71. The van der Waals surface area contributed by atoms with E-state index in [1.54, 1.807) is 0 Å². The van der Waals surface area contributed by atoms with Crippen LogP contribution in [0, 0.1) is 0 Å². The second-order valence-electron chi connectivity index (χ2n) is 2.70. The van der Waals surface area contributed by atoms with Crippen molar-refractivity contribution in [3.05, 3.63) is 24.3 Å². The molecule has 0 radical (unpaired) electrons. The van der Waals surface area contributed by atoms with Gasteiger partial charge in [0.25, 0.3) is 0 Å². The zero-order valence-electron chi connectivity index (χ0n) is 6.87. The van der Waals surface area contributed by atoms with Crippen molar-refractivity contribution < 1.29 is 4.74 Å². The maximum absolute atomic E-state index is 5.52. The Labute approximate surface area is 70.0 Å². The summed E-state index contributed by atoms with van der Waals surface area (Å²) in [6.45, 7) is 4.05. The van der Waals surface area contributed by atoms with Gasteiger partial charge in [0.05, 0.1) is 6.10 Å². The molecule has 1 aromatic rings. The van der Waals surface area contributed by atoms with E-state index in [1.165, 1.54) is 0 Å². The van der Waals surface area contributed by atoms with Crippen LogP contribution in [0.15, 0.2) is 24.3 Å². The third-order valence-corrected chi connectivity index (χ3v) is 1.76. The van der Waals surface area contributed by atoms with Gasteiger partial charge in [-0.05, 0) is 19.9 Å². The molecule has 0 aliphatic heterocycles. The van der Waals surface area contributed by atoms with Crippen molar-refractivity contribution in [1.82, 2.24) is 0 Å². The van der Waals surface area contributed by atoms with E-state index in [9.17, 15) is 0 Å². The van der Waals surface area contributed by atoms with Gasteiger partial charge in [0.1, 0.15) is 5.75 Å². The van der Waals surface area contributed by atoms with Crippen molar-refractivity contribution in [2.24, 2.45) is 0 Å². The Bertz CT molecular complexity index is 233. The van der Waals surface area contributed by atoms with Crippen molar-refractivity contribution in [3.8, 4) is 5.75 Å². The molecule has 60 valence electrons. The molecule has 0 heterocycles. The Morgan fingerprint density at radius 3 is 2.45 bits per heavy atom. The normalized spacial score (nSPS) is 10.2. The van der Waals surface area contributed by atoms with Crippen LogP contribution in [0.4, 0.5) is 0 Å². The van der Waals surface area contributed by atoms with Gasteiger partial charge in [0.2, 0.25) is 0 Å². The second kappa shape index (κ2) is 3.73. The molecule has 2 heteroatoms.